The molecule has 3 nitrogen and oxygen atoms in total. The van der Waals surface area contributed by atoms with Gasteiger partial charge >= 0.3 is 0 Å². The average molecular weight is 241 g/mol. The molecule has 0 aliphatic heterocycles. The van der Waals surface area contributed by atoms with Gasteiger partial charge in [-0.15, -0.1) is 12.8 Å². The molecule has 0 heterocycles. The van der Waals surface area contributed by atoms with Gasteiger partial charge in [0.05, 0.1) is 0 Å². The van der Waals surface area contributed by atoms with Gasteiger partial charge in [0, 0.05) is 11.8 Å². The van der Waals surface area contributed by atoms with Crippen molar-refractivity contribution in [1.82, 2.24) is 0 Å². The Balaban J connectivity index is 3.01. The molecule has 0 saturated carbocycles. The predicted octanol–water partition coefficient (Wildman–Crippen LogP) is 2.82. The zero-order valence-corrected chi connectivity index (χ0v) is 10.6. The first-order valence-corrected chi connectivity index (χ1v) is 5.46. The molecule has 0 fully saturated rings. The summed E-state index contributed by atoms with van der Waals surface area (Å²) in [6, 6.07) is 5.34. The first kappa shape index (κ1) is 13.7. The number of nitrogens with zero attached hydrogens (tertiary/aromatic N) is 1. The van der Waals surface area contributed by atoms with Crippen molar-refractivity contribution in [1.29, 1.82) is 0 Å². The van der Waals surface area contributed by atoms with Crippen molar-refractivity contribution in [2.75, 3.05) is 13.2 Å². The first-order chi connectivity index (χ1) is 8.67. The Morgan fingerprint density at radius 1 is 1.17 bits per heavy atom. The van der Waals surface area contributed by atoms with Crippen molar-refractivity contribution >= 4 is 11.4 Å². The van der Waals surface area contributed by atoms with E-state index >= 15 is 0 Å². The highest BCUT2D eigenvalue weighted by Gasteiger charge is 2.05. The molecule has 0 aliphatic rings. The zero-order valence-electron chi connectivity index (χ0n) is 10.6. The van der Waals surface area contributed by atoms with Crippen LogP contribution in [0.1, 0.15) is 13.8 Å². The van der Waals surface area contributed by atoms with E-state index in [4.69, 9.17) is 22.3 Å². The van der Waals surface area contributed by atoms with Crippen LogP contribution < -0.4 is 9.47 Å². The van der Waals surface area contributed by atoms with E-state index in [0.717, 1.165) is 11.4 Å². The average Bonchev–Trinajstić information content (AvgIpc) is 2.35. The van der Waals surface area contributed by atoms with Crippen molar-refractivity contribution in [3.05, 3.63) is 18.2 Å². The fourth-order valence-electron chi connectivity index (χ4n) is 1.28. The second kappa shape index (κ2) is 7.04. The fourth-order valence-corrected chi connectivity index (χ4v) is 1.28. The van der Waals surface area contributed by atoms with E-state index in [2.05, 4.69) is 16.8 Å². The Bertz CT molecular complexity index is 514. The van der Waals surface area contributed by atoms with Crippen molar-refractivity contribution in [2.24, 2.45) is 4.99 Å². The molecule has 0 unspecified atom stereocenters. The molecule has 0 spiro atoms. The molecule has 0 bridgehead atoms. The first-order valence-electron chi connectivity index (χ1n) is 5.46. The molecule has 0 amide bonds. The van der Waals surface area contributed by atoms with E-state index in [1.807, 2.05) is 19.9 Å². The molecule has 0 radical (unpaired) electrons. The molecule has 1 aromatic carbocycles. The summed E-state index contributed by atoms with van der Waals surface area (Å²) in [6.07, 6.45) is 10.3. The maximum absolute atomic E-state index is 5.43. The third-order valence-electron chi connectivity index (χ3n) is 1.91. The molecular weight excluding hydrogens is 226 g/mol. The molecule has 0 aromatic heterocycles. The second-order valence-electron chi connectivity index (χ2n) is 3.67. The van der Waals surface area contributed by atoms with E-state index in [0.29, 0.717) is 11.5 Å². The molecule has 0 atom stereocenters. The summed E-state index contributed by atoms with van der Waals surface area (Å²) in [5.74, 6) is 6.04. The standard InChI is InChI=1S/C15H15NO2/c1-5-9-17-13-7-8-14(16-12(3)4)15(11-13)18-10-6-2/h1-2,7-8,11H,9-10H2,3-4H3. The lowest BCUT2D eigenvalue weighted by Crippen LogP contribution is -1.97. The van der Waals surface area contributed by atoms with Gasteiger partial charge in [-0.1, -0.05) is 11.8 Å². The number of terminal acetylenes is 2. The van der Waals surface area contributed by atoms with E-state index in [1.54, 1.807) is 12.1 Å². The minimum absolute atomic E-state index is 0.184. The van der Waals surface area contributed by atoms with Crippen LogP contribution in [-0.4, -0.2) is 18.9 Å². The van der Waals surface area contributed by atoms with Gasteiger partial charge in [0.1, 0.15) is 30.4 Å². The summed E-state index contributed by atoms with van der Waals surface area (Å²) in [7, 11) is 0. The van der Waals surface area contributed by atoms with Crippen LogP contribution in [0.25, 0.3) is 0 Å². The number of aliphatic imine (C=N–C) groups is 1. The number of ether oxygens (including phenoxy) is 2. The molecule has 1 rings (SSSR count). The molecule has 18 heavy (non-hydrogen) atoms. The van der Waals surface area contributed by atoms with Gasteiger partial charge in [0.25, 0.3) is 0 Å². The van der Waals surface area contributed by atoms with E-state index in [-0.39, 0.29) is 13.2 Å². The van der Waals surface area contributed by atoms with Crippen LogP contribution in [0.5, 0.6) is 11.5 Å². The SMILES string of the molecule is C#CCOc1ccc(N=C(C)C)c(OCC#C)c1. The molecule has 1 aromatic rings. The van der Waals surface area contributed by atoms with E-state index in [9.17, 15) is 0 Å². The van der Waals surface area contributed by atoms with Crippen LogP contribution in [0, 0.1) is 24.7 Å². The third-order valence-corrected chi connectivity index (χ3v) is 1.91. The quantitative estimate of drug-likeness (QED) is 0.586. The highest BCUT2D eigenvalue weighted by molar-refractivity contribution is 5.83. The summed E-state index contributed by atoms with van der Waals surface area (Å²) >= 11 is 0. The second-order valence-corrected chi connectivity index (χ2v) is 3.67. The molecule has 0 saturated heterocycles. The largest absolute Gasteiger partial charge is 0.481 e. The van der Waals surface area contributed by atoms with Crippen molar-refractivity contribution in [3.8, 4) is 36.2 Å². The summed E-state index contributed by atoms with van der Waals surface area (Å²) < 4.78 is 10.8. The molecule has 3 heteroatoms. The minimum Gasteiger partial charge on any atom is -0.481 e. The lowest BCUT2D eigenvalue weighted by Gasteiger charge is -2.09. The molecule has 0 aliphatic carbocycles. The van der Waals surface area contributed by atoms with Crippen LogP contribution in [0.15, 0.2) is 23.2 Å². The van der Waals surface area contributed by atoms with Crippen molar-refractivity contribution in [2.45, 2.75) is 13.8 Å². The van der Waals surface area contributed by atoms with Crippen LogP contribution in [0.3, 0.4) is 0 Å². The van der Waals surface area contributed by atoms with Crippen LogP contribution in [0.2, 0.25) is 0 Å². The van der Waals surface area contributed by atoms with Gasteiger partial charge in [-0.25, -0.2) is 0 Å². The van der Waals surface area contributed by atoms with E-state index in [1.165, 1.54) is 0 Å². The topological polar surface area (TPSA) is 30.8 Å². The van der Waals surface area contributed by atoms with Gasteiger partial charge in [0.2, 0.25) is 0 Å². The molecular formula is C15H15NO2. The fraction of sp³-hybridized carbons (Fsp3) is 0.267. The highest BCUT2D eigenvalue weighted by Crippen LogP contribution is 2.32. The lowest BCUT2D eigenvalue weighted by molar-refractivity contribution is 0.352. The summed E-state index contributed by atoms with van der Waals surface area (Å²) in [5, 5.41) is 0. The number of hydrogen-bond acceptors (Lipinski definition) is 3. The Kier molecular flexibility index (Phi) is 5.35. The van der Waals surface area contributed by atoms with Crippen LogP contribution >= 0.6 is 0 Å². The summed E-state index contributed by atoms with van der Waals surface area (Å²) in [6.45, 7) is 4.22. The van der Waals surface area contributed by atoms with Gasteiger partial charge in [-0.3, -0.25) is 4.99 Å². The Morgan fingerprint density at radius 2 is 1.83 bits per heavy atom. The van der Waals surface area contributed by atoms with Gasteiger partial charge < -0.3 is 9.47 Å². The molecule has 0 N–H and O–H groups in total. The van der Waals surface area contributed by atoms with E-state index < -0.39 is 0 Å². The Labute approximate surface area is 108 Å². The monoisotopic (exact) mass is 241 g/mol. The smallest absolute Gasteiger partial charge is 0.150 e. The third kappa shape index (κ3) is 4.23. The Morgan fingerprint density at radius 3 is 2.44 bits per heavy atom. The van der Waals surface area contributed by atoms with Crippen molar-refractivity contribution in [3.63, 3.8) is 0 Å². The maximum atomic E-state index is 5.43. The highest BCUT2D eigenvalue weighted by atomic mass is 16.5. The minimum atomic E-state index is 0.184. The van der Waals surface area contributed by atoms with Gasteiger partial charge in [0.15, 0.2) is 0 Å². The lowest BCUT2D eigenvalue weighted by atomic mass is 10.2. The normalized spacial score (nSPS) is 8.89. The van der Waals surface area contributed by atoms with Crippen LogP contribution in [0.4, 0.5) is 5.69 Å². The van der Waals surface area contributed by atoms with Gasteiger partial charge in [-0.2, -0.15) is 0 Å². The summed E-state index contributed by atoms with van der Waals surface area (Å²) in [5.41, 5.74) is 1.65. The zero-order chi connectivity index (χ0) is 13.4. The van der Waals surface area contributed by atoms with Crippen LogP contribution in [-0.2, 0) is 0 Å². The number of hydrogen-bond donors (Lipinski definition) is 0. The molecule has 92 valence electrons. The Hall–Kier alpha value is -2.39. The predicted molar refractivity (Wildman–Crippen MR) is 73.5 cm³/mol. The maximum Gasteiger partial charge on any atom is 0.150 e. The van der Waals surface area contributed by atoms with Crippen molar-refractivity contribution < 1.29 is 9.47 Å². The number of rotatable bonds is 5. The summed E-state index contributed by atoms with van der Waals surface area (Å²) in [4.78, 5) is 4.36. The van der Waals surface area contributed by atoms with Gasteiger partial charge in [-0.05, 0) is 26.0 Å². The number of benzene rings is 1.